The molecule has 94 valence electrons. The van der Waals surface area contributed by atoms with Gasteiger partial charge in [0.1, 0.15) is 0 Å². The summed E-state index contributed by atoms with van der Waals surface area (Å²) in [5.74, 6) is 1.76. The molecule has 0 spiro atoms. The van der Waals surface area contributed by atoms with Crippen LogP contribution in [0, 0.1) is 0 Å². The third kappa shape index (κ3) is 2.33. The number of hydrogen-bond acceptors (Lipinski definition) is 6. The summed E-state index contributed by atoms with van der Waals surface area (Å²) in [5, 5.41) is 3.84. The Bertz CT molecular complexity index is 663. The lowest BCUT2D eigenvalue weighted by Crippen LogP contribution is -1.90. The van der Waals surface area contributed by atoms with Gasteiger partial charge in [-0.05, 0) is 12.1 Å². The standard InChI is InChI=1S/C13H11N5O/c1-2-11-17-13(19-18-11)10-7-15-12(16-8-10)9-3-5-14-6-4-9/h3-8H,2H2,1H3. The Kier molecular flexibility index (Phi) is 2.97. The molecule has 0 aliphatic carbocycles. The third-order valence-corrected chi connectivity index (χ3v) is 2.62. The normalized spacial score (nSPS) is 10.6. The van der Waals surface area contributed by atoms with Gasteiger partial charge in [0, 0.05) is 36.8 Å². The van der Waals surface area contributed by atoms with E-state index in [4.69, 9.17) is 4.52 Å². The molecule has 19 heavy (non-hydrogen) atoms. The molecule has 6 nitrogen and oxygen atoms in total. The molecular weight excluding hydrogens is 242 g/mol. The molecule has 0 atom stereocenters. The van der Waals surface area contributed by atoms with Crippen LogP contribution in [-0.2, 0) is 6.42 Å². The van der Waals surface area contributed by atoms with Crippen LogP contribution in [0.3, 0.4) is 0 Å². The van der Waals surface area contributed by atoms with Gasteiger partial charge in [-0.1, -0.05) is 12.1 Å². The average Bonchev–Trinajstić information content (AvgIpc) is 2.97. The van der Waals surface area contributed by atoms with Crippen molar-refractivity contribution in [1.82, 2.24) is 25.1 Å². The first-order valence-electron chi connectivity index (χ1n) is 5.92. The summed E-state index contributed by atoms with van der Waals surface area (Å²) in [6, 6.07) is 3.72. The monoisotopic (exact) mass is 253 g/mol. The summed E-state index contributed by atoms with van der Waals surface area (Å²) < 4.78 is 5.14. The molecule has 0 saturated carbocycles. The van der Waals surface area contributed by atoms with Gasteiger partial charge < -0.3 is 4.52 Å². The fraction of sp³-hybridized carbons (Fsp3) is 0.154. The van der Waals surface area contributed by atoms with Gasteiger partial charge >= 0.3 is 0 Å². The van der Waals surface area contributed by atoms with Crippen molar-refractivity contribution >= 4 is 0 Å². The summed E-state index contributed by atoms with van der Waals surface area (Å²) in [6.07, 6.45) is 7.50. The molecule has 0 aromatic carbocycles. The van der Waals surface area contributed by atoms with Gasteiger partial charge in [-0.15, -0.1) is 0 Å². The van der Waals surface area contributed by atoms with Crippen LogP contribution < -0.4 is 0 Å². The van der Waals surface area contributed by atoms with Crippen molar-refractivity contribution in [2.45, 2.75) is 13.3 Å². The first-order valence-corrected chi connectivity index (χ1v) is 5.92. The maximum atomic E-state index is 5.14. The molecule has 3 aromatic heterocycles. The van der Waals surface area contributed by atoms with E-state index in [1.165, 1.54) is 0 Å². The van der Waals surface area contributed by atoms with Crippen LogP contribution in [0.25, 0.3) is 22.8 Å². The predicted octanol–water partition coefficient (Wildman–Crippen LogP) is 2.15. The van der Waals surface area contributed by atoms with Crippen molar-refractivity contribution in [3.63, 3.8) is 0 Å². The van der Waals surface area contributed by atoms with Crippen LogP contribution in [0.5, 0.6) is 0 Å². The quantitative estimate of drug-likeness (QED) is 0.711. The highest BCUT2D eigenvalue weighted by Gasteiger charge is 2.09. The number of pyridine rings is 1. The predicted molar refractivity (Wildman–Crippen MR) is 67.9 cm³/mol. The van der Waals surface area contributed by atoms with Gasteiger partial charge in [0.25, 0.3) is 5.89 Å². The molecule has 0 fully saturated rings. The molecule has 0 aliphatic heterocycles. The zero-order chi connectivity index (χ0) is 13.1. The second-order valence-electron chi connectivity index (χ2n) is 3.90. The third-order valence-electron chi connectivity index (χ3n) is 2.62. The minimum atomic E-state index is 0.443. The van der Waals surface area contributed by atoms with E-state index >= 15 is 0 Å². The minimum absolute atomic E-state index is 0.443. The average molecular weight is 253 g/mol. The van der Waals surface area contributed by atoms with Crippen molar-refractivity contribution in [3.8, 4) is 22.8 Å². The maximum absolute atomic E-state index is 5.14. The number of nitrogens with zero attached hydrogens (tertiary/aromatic N) is 5. The Balaban J connectivity index is 1.90. The van der Waals surface area contributed by atoms with Gasteiger partial charge in [0.05, 0.1) is 5.56 Å². The highest BCUT2D eigenvalue weighted by molar-refractivity contribution is 5.56. The largest absolute Gasteiger partial charge is 0.334 e. The van der Waals surface area contributed by atoms with Gasteiger partial charge in [-0.25, -0.2) is 9.97 Å². The van der Waals surface area contributed by atoms with Crippen LogP contribution in [0.4, 0.5) is 0 Å². The van der Waals surface area contributed by atoms with Crippen LogP contribution >= 0.6 is 0 Å². The van der Waals surface area contributed by atoms with Crippen molar-refractivity contribution < 1.29 is 4.52 Å². The lowest BCUT2D eigenvalue weighted by atomic mass is 10.2. The van der Waals surface area contributed by atoms with E-state index in [2.05, 4.69) is 25.1 Å². The van der Waals surface area contributed by atoms with Crippen LogP contribution in [0.2, 0.25) is 0 Å². The molecule has 0 radical (unpaired) electrons. The molecule has 6 heteroatoms. The summed E-state index contributed by atoms with van der Waals surface area (Å²) in [5.41, 5.74) is 1.63. The molecule has 0 amide bonds. The molecular formula is C13H11N5O. The summed E-state index contributed by atoms with van der Waals surface area (Å²) in [4.78, 5) is 16.8. The van der Waals surface area contributed by atoms with E-state index in [1.807, 2.05) is 19.1 Å². The summed E-state index contributed by atoms with van der Waals surface area (Å²) >= 11 is 0. The highest BCUT2D eigenvalue weighted by Crippen LogP contribution is 2.18. The molecule has 3 aromatic rings. The van der Waals surface area contributed by atoms with E-state index in [0.717, 1.165) is 12.0 Å². The minimum Gasteiger partial charge on any atom is -0.334 e. The fourth-order valence-electron chi connectivity index (χ4n) is 1.60. The highest BCUT2D eigenvalue weighted by atomic mass is 16.5. The Morgan fingerprint density at radius 2 is 1.79 bits per heavy atom. The first-order chi connectivity index (χ1) is 9.36. The SMILES string of the molecule is CCc1noc(-c2cnc(-c3ccncc3)nc2)n1. The van der Waals surface area contributed by atoms with Gasteiger partial charge in [0.15, 0.2) is 11.6 Å². The number of hydrogen-bond donors (Lipinski definition) is 0. The molecule has 0 unspecified atom stereocenters. The van der Waals surface area contributed by atoms with Crippen LogP contribution in [0.1, 0.15) is 12.7 Å². The van der Waals surface area contributed by atoms with E-state index in [9.17, 15) is 0 Å². The molecule has 0 aliphatic rings. The van der Waals surface area contributed by atoms with E-state index in [0.29, 0.717) is 23.1 Å². The van der Waals surface area contributed by atoms with Crippen molar-refractivity contribution in [3.05, 3.63) is 42.7 Å². The van der Waals surface area contributed by atoms with Gasteiger partial charge in [-0.2, -0.15) is 4.98 Å². The Labute approximate surface area is 109 Å². The smallest absolute Gasteiger partial charge is 0.261 e. The summed E-state index contributed by atoms with van der Waals surface area (Å²) in [6.45, 7) is 1.97. The van der Waals surface area contributed by atoms with E-state index in [1.54, 1.807) is 24.8 Å². The lowest BCUT2D eigenvalue weighted by Gasteiger charge is -1.99. The molecule has 0 bridgehead atoms. The Morgan fingerprint density at radius 3 is 2.42 bits per heavy atom. The molecule has 3 heterocycles. The van der Waals surface area contributed by atoms with Crippen molar-refractivity contribution in [2.24, 2.45) is 0 Å². The van der Waals surface area contributed by atoms with Crippen LogP contribution in [-0.4, -0.2) is 25.1 Å². The zero-order valence-corrected chi connectivity index (χ0v) is 10.3. The fourth-order valence-corrected chi connectivity index (χ4v) is 1.60. The molecule has 0 saturated heterocycles. The molecule has 0 N–H and O–H groups in total. The van der Waals surface area contributed by atoms with Gasteiger partial charge in [0.2, 0.25) is 0 Å². The van der Waals surface area contributed by atoms with E-state index < -0.39 is 0 Å². The first kappa shape index (κ1) is 11.5. The zero-order valence-electron chi connectivity index (χ0n) is 10.3. The Hall–Kier alpha value is -2.63. The van der Waals surface area contributed by atoms with E-state index in [-0.39, 0.29) is 0 Å². The van der Waals surface area contributed by atoms with Gasteiger partial charge in [-0.3, -0.25) is 4.98 Å². The number of aryl methyl sites for hydroxylation is 1. The number of aromatic nitrogens is 5. The second-order valence-corrected chi connectivity index (χ2v) is 3.90. The maximum Gasteiger partial charge on any atom is 0.261 e. The summed E-state index contributed by atoms with van der Waals surface area (Å²) in [7, 11) is 0. The van der Waals surface area contributed by atoms with Crippen molar-refractivity contribution in [1.29, 1.82) is 0 Å². The van der Waals surface area contributed by atoms with Crippen molar-refractivity contribution in [2.75, 3.05) is 0 Å². The van der Waals surface area contributed by atoms with Crippen LogP contribution in [0.15, 0.2) is 41.4 Å². The Morgan fingerprint density at radius 1 is 1.05 bits per heavy atom. The molecule has 3 rings (SSSR count). The second kappa shape index (κ2) is 4.93. The topological polar surface area (TPSA) is 77.6 Å². The lowest BCUT2D eigenvalue weighted by molar-refractivity contribution is 0.423. The number of rotatable bonds is 3.